The summed E-state index contributed by atoms with van der Waals surface area (Å²) >= 11 is 8.67. The Hall–Kier alpha value is -3.03. The van der Waals surface area contributed by atoms with Gasteiger partial charge < -0.3 is 4.42 Å². The Labute approximate surface area is 181 Å². The Morgan fingerprint density at radius 2 is 1.86 bits per heavy atom. The lowest BCUT2D eigenvalue weighted by Crippen LogP contribution is -2.54. The molecule has 4 rings (SSSR count). The molecule has 1 aliphatic rings. The van der Waals surface area contributed by atoms with Crippen LogP contribution in [0.2, 0.25) is 0 Å². The highest BCUT2D eigenvalue weighted by atomic mass is 79.9. The number of amides is 2. The number of halogens is 1. The van der Waals surface area contributed by atoms with E-state index in [1.807, 2.05) is 49.4 Å². The molecule has 5 nitrogen and oxygen atoms in total. The number of aryl methyl sites for hydroxylation is 1. The molecule has 1 saturated heterocycles. The number of para-hydroxylation sites is 1. The van der Waals surface area contributed by atoms with Gasteiger partial charge in [-0.1, -0.05) is 46.3 Å². The van der Waals surface area contributed by atoms with Crippen molar-refractivity contribution in [2.45, 2.75) is 6.92 Å². The molecule has 0 atom stereocenters. The summed E-state index contributed by atoms with van der Waals surface area (Å²) < 4.78 is 6.76. The van der Waals surface area contributed by atoms with Crippen molar-refractivity contribution in [2.75, 3.05) is 4.90 Å². The second-order valence-corrected chi connectivity index (χ2v) is 7.76. The molecule has 29 heavy (non-hydrogen) atoms. The van der Waals surface area contributed by atoms with Gasteiger partial charge in [-0.3, -0.25) is 19.8 Å². The lowest BCUT2D eigenvalue weighted by atomic mass is 10.1. The number of thiocarbonyl (C=S) groups is 1. The van der Waals surface area contributed by atoms with Crippen LogP contribution in [0, 0.1) is 6.92 Å². The first-order chi connectivity index (χ1) is 13.9. The first-order valence-electron chi connectivity index (χ1n) is 8.77. The van der Waals surface area contributed by atoms with E-state index in [0.717, 1.165) is 15.6 Å². The molecule has 0 unspecified atom stereocenters. The maximum absolute atomic E-state index is 13.1. The molecule has 1 aromatic heterocycles. The van der Waals surface area contributed by atoms with Crippen LogP contribution in [0.25, 0.3) is 17.4 Å². The topological polar surface area (TPSA) is 62.6 Å². The SMILES string of the molecule is Cc1ccccc1N1C(=O)/C(=C/c2ccc(-c3cccc(Br)c3)o2)C(=O)NC1=S. The van der Waals surface area contributed by atoms with Crippen molar-refractivity contribution >= 4 is 56.8 Å². The third-order valence-electron chi connectivity index (χ3n) is 4.48. The molecule has 3 aromatic rings. The molecule has 0 bridgehead atoms. The highest BCUT2D eigenvalue weighted by Crippen LogP contribution is 2.28. The van der Waals surface area contributed by atoms with Crippen molar-refractivity contribution in [2.24, 2.45) is 0 Å². The minimum Gasteiger partial charge on any atom is -0.457 e. The predicted molar refractivity (Wildman–Crippen MR) is 119 cm³/mol. The van der Waals surface area contributed by atoms with E-state index in [1.54, 1.807) is 18.2 Å². The summed E-state index contributed by atoms with van der Waals surface area (Å²) in [6, 6.07) is 18.5. The highest BCUT2D eigenvalue weighted by Gasteiger charge is 2.35. The maximum atomic E-state index is 13.1. The van der Waals surface area contributed by atoms with Gasteiger partial charge >= 0.3 is 0 Å². The van der Waals surface area contributed by atoms with Crippen LogP contribution in [-0.4, -0.2) is 16.9 Å². The third kappa shape index (κ3) is 3.79. The quantitative estimate of drug-likeness (QED) is 0.340. The second kappa shape index (κ2) is 7.77. The minimum absolute atomic E-state index is 0.0444. The molecule has 1 N–H and O–H groups in total. The largest absolute Gasteiger partial charge is 0.457 e. The molecule has 2 amide bonds. The maximum Gasteiger partial charge on any atom is 0.270 e. The van der Waals surface area contributed by atoms with E-state index >= 15 is 0 Å². The van der Waals surface area contributed by atoms with Crippen LogP contribution in [-0.2, 0) is 9.59 Å². The number of hydrogen-bond donors (Lipinski definition) is 1. The number of benzene rings is 2. The molecule has 1 fully saturated rings. The average Bonchev–Trinajstić information content (AvgIpc) is 3.15. The monoisotopic (exact) mass is 466 g/mol. The Balaban J connectivity index is 1.70. The number of rotatable bonds is 3. The lowest BCUT2D eigenvalue weighted by molar-refractivity contribution is -0.122. The molecule has 2 heterocycles. The number of furan rings is 1. The highest BCUT2D eigenvalue weighted by molar-refractivity contribution is 9.10. The molecular weight excluding hydrogens is 452 g/mol. The first-order valence-corrected chi connectivity index (χ1v) is 9.97. The molecule has 0 saturated carbocycles. The zero-order valence-corrected chi connectivity index (χ0v) is 17.7. The minimum atomic E-state index is -0.551. The lowest BCUT2D eigenvalue weighted by Gasteiger charge is -2.29. The number of nitrogens with zero attached hydrogens (tertiary/aromatic N) is 1. The second-order valence-electron chi connectivity index (χ2n) is 6.46. The molecule has 2 aromatic carbocycles. The van der Waals surface area contributed by atoms with Gasteiger partial charge in [-0.05, 0) is 61.1 Å². The summed E-state index contributed by atoms with van der Waals surface area (Å²) in [6.45, 7) is 1.88. The Kier molecular flexibility index (Phi) is 5.17. The van der Waals surface area contributed by atoms with Crippen molar-refractivity contribution < 1.29 is 14.0 Å². The van der Waals surface area contributed by atoms with E-state index < -0.39 is 11.8 Å². The summed E-state index contributed by atoms with van der Waals surface area (Å²) in [6.07, 6.45) is 1.44. The van der Waals surface area contributed by atoms with Crippen LogP contribution in [0.1, 0.15) is 11.3 Å². The fourth-order valence-corrected chi connectivity index (χ4v) is 3.73. The standard InChI is InChI=1S/C22H15BrN2O3S/c1-13-5-2-3-8-18(13)25-21(27)17(20(26)24-22(25)29)12-16-9-10-19(28-16)14-6-4-7-15(23)11-14/h2-12H,1H3,(H,24,26,29)/b17-12+. The fourth-order valence-electron chi connectivity index (χ4n) is 3.06. The molecular formula is C22H15BrN2O3S. The van der Waals surface area contributed by atoms with E-state index in [1.165, 1.54) is 11.0 Å². The van der Waals surface area contributed by atoms with E-state index in [4.69, 9.17) is 16.6 Å². The molecule has 144 valence electrons. The summed E-state index contributed by atoms with van der Waals surface area (Å²) in [5, 5.41) is 2.64. The van der Waals surface area contributed by atoms with Crippen LogP contribution in [0.4, 0.5) is 5.69 Å². The van der Waals surface area contributed by atoms with E-state index in [9.17, 15) is 9.59 Å². The molecule has 7 heteroatoms. The fraction of sp³-hybridized carbons (Fsp3) is 0.0455. The summed E-state index contributed by atoms with van der Waals surface area (Å²) in [4.78, 5) is 26.9. The number of hydrogen-bond acceptors (Lipinski definition) is 4. The van der Waals surface area contributed by atoms with Gasteiger partial charge in [-0.15, -0.1) is 0 Å². The van der Waals surface area contributed by atoms with Gasteiger partial charge in [-0.2, -0.15) is 0 Å². The van der Waals surface area contributed by atoms with Crippen molar-refractivity contribution in [3.8, 4) is 11.3 Å². The number of anilines is 1. The van der Waals surface area contributed by atoms with E-state index in [0.29, 0.717) is 17.2 Å². The van der Waals surface area contributed by atoms with E-state index in [-0.39, 0.29) is 10.7 Å². The predicted octanol–water partition coefficient (Wildman–Crippen LogP) is 4.85. The summed E-state index contributed by atoms with van der Waals surface area (Å²) in [5.74, 6) is -0.0113. The Morgan fingerprint density at radius 1 is 1.07 bits per heavy atom. The Morgan fingerprint density at radius 3 is 2.62 bits per heavy atom. The smallest absolute Gasteiger partial charge is 0.270 e. The first kappa shape index (κ1) is 19.3. The van der Waals surface area contributed by atoms with Gasteiger partial charge in [0.2, 0.25) is 0 Å². The zero-order chi connectivity index (χ0) is 20.5. The Bertz CT molecular complexity index is 1180. The van der Waals surface area contributed by atoms with Gasteiger partial charge in [0.05, 0.1) is 5.69 Å². The van der Waals surface area contributed by atoms with Crippen molar-refractivity contribution in [3.63, 3.8) is 0 Å². The van der Waals surface area contributed by atoms with Crippen LogP contribution >= 0.6 is 28.1 Å². The molecule has 0 aliphatic carbocycles. The number of carbonyl (C=O) groups excluding carboxylic acids is 2. The normalized spacial score (nSPS) is 15.7. The molecule has 0 spiro atoms. The van der Waals surface area contributed by atoms with Crippen LogP contribution in [0.15, 0.2) is 75.1 Å². The van der Waals surface area contributed by atoms with Crippen LogP contribution < -0.4 is 10.2 Å². The number of nitrogens with one attached hydrogen (secondary N) is 1. The summed E-state index contributed by atoms with van der Waals surface area (Å²) in [5.41, 5.74) is 2.33. The van der Waals surface area contributed by atoms with Crippen molar-refractivity contribution in [1.29, 1.82) is 0 Å². The number of carbonyl (C=O) groups is 2. The van der Waals surface area contributed by atoms with Crippen LogP contribution in [0.3, 0.4) is 0 Å². The van der Waals surface area contributed by atoms with Gasteiger partial charge in [0, 0.05) is 10.0 Å². The van der Waals surface area contributed by atoms with Crippen molar-refractivity contribution in [1.82, 2.24) is 5.32 Å². The zero-order valence-electron chi connectivity index (χ0n) is 15.3. The third-order valence-corrected chi connectivity index (χ3v) is 5.26. The molecule has 1 aliphatic heterocycles. The van der Waals surface area contributed by atoms with Gasteiger partial charge in [0.15, 0.2) is 5.11 Å². The van der Waals surface area contributed by atoms with Gasteiger partial charge in [0.25, 0.3) is 11.8 Å². The van der Waals surface area contributed by atoms with E-state index in [2.05, 4.69) is 21.2 Å². The van der Waals surface area contributed by atoms with Gasteiger partial charge in [-0.25, -0.2) is 0 Å². The van der Waals surface area contributed by atoms with Crippen molar-refractivity contribution in [3.05, 3.63) is 82.0 Å². The molecule has 0 radical (unpaired) electrons. The van der Waals surface area contributed by atoms with Gasteiger partial charge in [0.1, 0.15) is 17.1 Å². The average molecular weight is 467 g/mol. The van der Waals surface area contributed by atoms with Crippen LogP contribution in [0.5, 0.6) is 0 Å². The summed E-state index contributed by atoms with van der Waals surface area (Å²) in [7, 11) is 0.